The molecule has 1 aromatic carbocycles. The van der Waals surface area contributed by atoms with Gasteiger partial charge in [-0.1, -0.05) is 24.1 Å². The first-order valence-electron chi connectivity index (χ1n) is 10.2. The number of hydrogen-bond acceptors (Lipinski definition) is 7. The molecule has 11 nitrogen and oxygen atoms in total. The summed E-state index contributed by atoms with van der Waals surface area (Å²) in [5.41, 5.74) is 11.9. The van der Waals surface area contributed by atoms with Crippen LogP contribution >= 0.6 is 11.9 Å². The molecule has 1 heterocycles. The SMILES string of the molecule is CN=C(N)NCCC[C@H]1C(=O)N[C@@H](C(N)=O)CN1C(=O)[C@H](Cc1ccc(O)cc1)NSC. The van der Waals surface area contributed by atoms with E-state index < -0.39 is 29.9 Å². The fourth-order valence-corrected chi connectivity index (χ4v) is 3.92. The van der Waals surface area contributed by atoms with Crippen LogP contribution in [0.2, 0.25) is 0 Å². The minimum atomic E-state index is -0.952. The number of phenols is 1. The van der Waals surface area contributed by atoms with E-state index in [1.807, 2.05) is 0 Å². The van der Waals surface area contributed by atoms with Crippen molar-refractivity contribution in [1.82, 2.24) is 20.3 Å². The summed E-state index contributed by atoms with van der Waals surface area (Å²) in [6.45, 7) is 0.479. The molecule has 1 fully saturated rings. The van der Waals surface area contributed by atoms with Gasteiger partial charge in [-0.3, -0.25) is 24.1 Å². The Morgan fingerprint density at radius 3 is 2.62 bits per heavy atom. The summed E-state index contributed by atoms with van der Waals surface area (Å²) in [5, 5.41) is 15.0. The first kappa shape index (κ1) is 25.3. The van der Waals surface area contributed by atoms with E-state index in [1.54, 1.807) is 37.6 Å². The largest absolute Gasteiger partial charge is 0.508 e. The minimum Gasteiger partial charge on any atom is -0.508 e. The Bertz CT molecular complexity index is 834. The number of nitrogens with one attached hydrogen (secondary N) is 3. The number of phenolic OH excluding ortho intramolecular Hbond substituents is 1. The van der Waals surface area contributed by atoms with Gasteiger partial charge < -0.3 is 32.1 Å². The zero-order valence-electron chi connectivity index (χ0n) is 18.2. The van der Waals surface area contributed by atoms with Crippen LogP contribution in [0.15, 0.2) is 29.3 Å². The Morgan fingerprint density at radius 1 is 1.34 bits per heavy atom. The molecule has 0 radical (unpaired) electrons. The van der Waals surface area contributed by atoms with Crippen LogP contribution in [0.1, 0.15) is 18.4 Å². The van der Waals surface area contributed by atoms with Gasteiger partial charge in [0.25, 0.3) is 0 Å². The van der Waals surface area contributed by atoms with Gasteiger partial charge >= 0.3 is 0 Å². The van der Waals surface area contributed by atoms with E-state index in [4.69, 9.17) is 11.5 Å². The molecule has 0 aromatic heterocycles. The molecule has 1 aromatic rings. The molecule has 3 amide bonds. The number of hydrogen-bond donors (Lipinski definition) is 6. The number of aromatic hydroxyl groups is 1. The molecule has 0 bridgehead atoms. The summed E-state index contributed by atoms with van der Waals surface area (Å²) < 4.78 is 3.08. The summed E-state index contributed by atoms with van der Waals surface area (Å²) in [6.07, 6.45) is 3.07. The van der Waals surface area contributed by atoms with Gasteiger partial charge in [0.2, 0.25) is 17.7 Å². The molecule has 1 aliphatic heterocycles. The molecule has 0 unspecified atom stereocenters. The Labute approximate surface area is 191 Å². The highest BCUT2D eigenvalue weighted by Crippen LogP contribution is 2.18. The Hall–Kier alpha value is -2.99. The van der Waals surface area contributed by atoms with Gasteiger partial charge in [-0.15, -0.1) is 0 Å². The number of amides is 3. The summed E-state index contributed by atoms with van der Waals surface area (Å²) in [4.78, 5) is 43.2. The summed E-state index contributed by atoms with van der Waals surface area (Å²) in [6, 6.07) is 4.23. The molecule has 176 valence electrons. The summed E-state index contributed by atoms with van der Waals surface area (Å²) in [5.74, 6) is -0.998. The average Bonchev–Trinajstić information content (AvgIpc) is 2.77. The van der Waals surface area contributed by atoms with E-state index >= 15 is 0 Å². The summed E-state index contributed by atoms with van der Waals surface area (Å²) >= 11 is 1.28. The third-order valence-corrected chi connectivity index (χ3v) is 5.66. The molecule has 12 heteroatoms. The lowest BCUT2D eigenvalue weighted by atomic mass is 9.99. The number of benzene rings is 1. The van der Waals surface area contributed by atoms with Crippen LogP contribution in [-0.4, -0.2) is 78.2 Å². The number of carbonyl (C=O) groups is 3. The van der Waals surface area contributed by atoms with Crippen LogP contribution in [-0.2, 0) is 20.8 Å². The average molecular weight is 466 g/mol. The lowest BCUT2D eigenvalue weighted by Gasteiger charge is -2.40. The van der Waals surface area contributed by atoms with Crippen LogP contribution in [0.5, 0.6) is 5.75 Å². The predicted octanol–water partition coefficient (Wildman–Crippen LogP) is -1.33. The highest BCUT2D eigenvalue weighted by molar-refractivity contribution is 7.96. The molecule has 1 saturated heterocycles. The highest BCUT2D eigenvalue weighted by Gasteiger charge is 2.40. The molecule has 3 atom stereocenters. The Balaban J connectivity index is 2.18. The first-order valence-corrected chi connectivity index (χ1v) is 11.4. The molecular formula is C20H31N7O4S. The number of guanidine groups is 1. The van der Waals surface area contributed by atoms with E-state index in [0.29, 0.717) is 25.8 Å². The number of rotatable bonds is 10. The van der Waals surface area contributed by atoms with E-state index in [-0.39, 0.29) is 24.2 Å². The topological polar surface area (TPSA) is 175 Å². The van der Waals surface area contributed by atoms with Gasteiger partial charge in [-0.25, -0.2) is 0 Å². The molecule has 1 aliphatic rings. The van der Waals surface area contributed by atoms with Gasteiger partial charge in [0, 0.05) is 13.6 Å². The van der Waals surface area contributed by atoms with Gasteiger partial charge in [0.1, 0.15) is 23.9 Å². The summed E-state index contributed by atoms with van der Waals surface area (Å²) in [7, 11) is 1.56. The highest BCUT2D eigenvalue weighted by atomic mass is 32.2. The van der Waals surface area contributed by atoms with E-state index in [2.05, 4.69) is 20.3 Å². The van der Waals surface area contributed by atoms with Crippen molar-refractivity contribution in [2.24, 2.45) is 16.5 Å². The van der Waals surface area contributed by atoms with Crippen molar-refractivity contribution in [2.75, 3.05) is 26.4 Å². The van der Waals surface area contributed by atoms with Crippen molar-refractivity contribution in [1.29, 1.82) is 0 Å². The maximum absolute atomic E-state index is 13.5. The van der Waals surface area contributed by atoms with Crippen LogP contribution in [0.4, 0.5) is 0 Å². The van der Waals surface area contributed by atoms with Crippen molar-refractivity contribution in [3.63, 3.8) is 0 Å². The van der Waals surface area contributed by atoms with Crippen molar-refractivity contribution in [3.8, 4) is 5.75 Å². The number of piperazine rings is 1. The maximum Gasteiger partial charge on any atom is 0.243 e. The predicted molar refractivity (Wildman–Crippen MR) is 124 cm³/mol. The second kappa shape index (κ2) is 12.2. The van der Waals surface area contributed by atoms with Gasteiger partial charge in [0.05, 0.1) is 6.54 Å². The standard InChI is InChI=1S/C20H31N7O4S/c1-23-20(22)24-9-3-4-16-18(30)25-15(17(21)29)11-27(16)19(31)14(26-32-2)10-12-5-7-13(28)8-6-12/h5-8,14-16,26,28H,3-4,9-11H2,1-2H3,(H2,21,29)(H,25,30)(H3,22,23,24)/t14-,15+,16-/m0/s1. The molecule has 8 N–H and O–H groups in total. The Kier molecular flexibility index (Phi) is 9.60. The molecule has 0 spiro atoms. The number of nitrogens with two attached hydrogens (primary N) is 2. The number of aliphatic imine (C=N–C) groups is 1. The second-order valence-corrected chi connectivity index (χ2v) is 8.04. The number of nitrogens with zero attached hydrogens (tertiary/aromatic N) is 2. The molecule has 2 rings (SSSR count). The lowest BCUT2D eigenvalue weighted by molar-refractivity contribution is -0.148. The second-order valence-electron chi connectivity index (χ2n) is 7.39. The fourth-order valence-electron chi connectivity index (χ4n) is 3.45. The third-order valence-electron chi connectivity index (χ3n) is 5.14. The normalized spacial score (nSPS) is 19.9. The van der Waals surface area contributed by atoms with Gasteiger partial charge in [0.15, 0.2) is 5.96 Å². The number of carbonyl (C=O) groups excluding carboxylic acids is 3. The lowest BCUT2D eigenvalue weighted by Crippen LogP contribution is -2.66. The molecule has 0 aliphatic carbocycles. The molecular weight excluding hydrogens is 434 g/mol. The van der Waals surface area contributed by atoms with E-state index in [9.17, 15) is 19.5 Å². The van der Waals surface area contributed by atoms with Gasteiger partial charge in [-0.2, -0.15) is 0 Å². The zero-order valence-corrected chi connectivity index (χ0v) is 19.0. The van der Waals surface area contributed by atoms with Crippen molar-refractivity contribution >= 4 is 35.6 Å². The van der Waals surface area contributed by atoms with E-state index in [0.717, 1.165) is 5.56 Å². The van der Waals surface area contributed by atoms with Crippen molar-refractivity contribution in [3.05, 3.63) is 29.8 Å². The molecule has 0 saturated carbocycles. The first-order chi connectivity index (χ1) is 15.3. The minimum absolute atomic E-state index is 0.00129. The number of primary amides is 1. The van der Waals surface area contributed by atoms with Crippen LogP contribution in [0.25, 0.3) is 0 Å². The smallest absolute Gasteiger partial charge is 0.243 e. The zero-order chi connectivity index (χ0) is 23.7. The van der Waals surface area contributed by atoms with Crippen LogP contribution < -0.4 is 26.8 Å². The Morgan fingerprint density at radius 2 is 2.03 bits per heavy atom. The maximum atomic E-state index is 13.5. The molecule has 32 heavy (non-hydrogen) atoms. The van der Waals surface area contributed by atoms with Gasteiger partial charge in [-0.05, 0) is 43.2 Å². The third kappa shape index (κ3) is 7.02. The van der Waals surface area contributed by atoms with Crippen LogP contribution in [0, 0.1) is 0 Å². The van der Waals surface area contributed by atoms with Crippen molar-refractivity contribution in [2.45, 2.75) is 37.4 Å². The van der Waals surface area contributed by atoms with Crippen molar-refractivity contribution < 1.29 is 19.5 Å². The van der Waals surface area contributed by atoms with Crippen LogP contribution in [0.3, 0.4) is 0 Å². The fraction of sp³-hybridized carbons (Fsp3) is 0.500. The van der Waals surface area contributed by atoms with E-state index in [1.165, 1.54) is 16.8 Å². The monoisotopic (exact) mass is 465 g/mol. The quantitative estimate of drug-likeness (QED) is 0.107.